The third-order valence-corrected chi connectivity index (χ3v) is 9.97. The Bertz CT molecular complexity index is 1610. The second kappa shape index (κ2) is 9.70. The predicted octanol–water partition coefficient (Wildman–Crippen LogP) is 6.34. The Morgan fingerprint density at radius 1 is 1.00 bits per heavy atom. The zero-order valence-corrected chi connectivity index (χ0v) is 24.0. The average Bonchev–Trinajstić information content (AvgIpc) is 3.43. The van der Waals surface area contributed by atoms with Crippen LogP contribution in [0.15, 0.2) is 52.6 Å². The first-order valence-electron chi connectivity index (χ1n) is 14.0. The Hall–Kier alpha value is -3.32. The van der Waals surface area contributed by atoms with Crippen LogP contribution in [0.2, 0.25) is 0 Å². The lowest BCUT2D eigenvalue weighted by molar-refractivity contribution is -0.131. The molecule has 39 heavy (non-hydrogen) atoms. The molecule has 2 aliphatic rings. The van der Waals surface area contributed by atoms with Crippen LogP contribution in [0.1, 0.15) is 81.1 Å². The number of carbonyl (C=O) groups excluding carboxylic acids is 1. The number of benzene rings is 2. The summed E-state index contributed by atoms with van der Waals surface area (Å²) in [5.41, 5.74) is 5.98. The standard InChI is InChI=1S/C32H36N4O2S/c1-31(2)13-14-32(3,4)25-17-21(9-10-24(25)31)27-19-39-30(33-27)20-11-15-36(16-12-20)28(37)18-26-22-7-5-6-8-23(22)29(38)35-34-26/h5-10,17,19-20H,11-16,18H2,1-4H3,(H,35,38). The number of fused-ring (bicyclic) bond motifs is 2. The number of piperidine rings is 1. The number of thiazole rings is 1. The van der Waals surface area contributed by atoms with Crippen LogP contribution >= 0.6 is 11.3 Å². The lowest BCUT2D eigenvalue weighted by Crippen LogP contribution is -2.39. The number of hydrogen-bond acceptors (Lipinski definition) is 5. The van der Waals surface area contributed by atoms with Crippen molar-refractivity contribution in [2.75, 3.05) is 13.1 Å². The monoisotopic (exact) mass is 540 g/mol. The van der Waals surface area contributed by atoms with Gasteiger partial charge in [-0.15, -0.1) is 11.3 Å². The Labute approximate surface area is 233 Å². The molecule has 0 atom stereocenters. The number of rotatable bonds is 4. The smallest absolute Gasteiger partial charge is 0.272 e. The van der Waals surface area contributed by atoms with Crippen LogP contribution in [0.3, 0.4) is 0 Å². The molecule has 2 aromatic carbocycles. The van der Waals surface area contributed by atoms with Gasteiger partial charge >= 0.3 is 0 Å². The van der Waals surface area contributed by atoms with Crippen molar-refractivity contribution in [3.05, 3.63) is 80.0 Å². The Morgan fingerprint density at radius 2 is 1.69 bits per heavy atom. The molecule has 2 aromatic heterocycles. The summed E-state index contributed by atoms with van der Waals surface area (Å²) < 4.78 is 0. The van der Waals surface area contributed by atoms with E-state index >= 15 is 0 Å². The van der Waals surface area contributed by atoms with Crippen molar-refractivity contribution in [1.29, 1.82) is 0 Å². The highest BCUT2D eigenvalue weighted by atomic mass is 32.1. The molecule has 4 aromatic rings. The third-order valence-electron chi connectivity index (χ3n) is 8.96. The number of H-pyrrole nitrogens is 1. The van der Waals surface area contributed by atoms with Gasteiger partial charge in [0.25, 0.3) is 5.56 Å². The number of nitrogens with zero attached hydrogens (tertiary/aromatic N) is 3. The fraction of sp³-hybridized carbons (Fsp3) is 0.438. The highest BCUT2D eigenvalue weighted by Crippen LogP contribution is 2.47. The molecule has 1 aliphatic carbocycles. The molecule has 202 valence electrons. The van der Waals surface area contributed by atoms with Crippen LogP contribution in [0, 0.1) is 0 Å². The summed E-state index contributed by atoms with van der Waals surface area (Å²) in [6.07, 6.45) is 4.42. The van der Waals surface area contributed by atoms with E-state index in [1.807, 2.05) is 23.1 Å². The van der Waals surface area contributed by atoms with Gasteiger partial charge in [0.05, 0.1) is 28.2 Å². The number of nitrogens with one attached hydrogen (secondary N) is 1. The maximum atomic E-state index is 13.1. The summed E-state index contributed by atoms with van der Waals surface area (Å²) in [4.78, 5) is 32.2. The number of carbonyl (C=O) groups is 1. The van der Waals surface area contributed by atoms with Crippen molar-refractivity contribution < 1.29 is 4.79 Å². The van der Waals surface area contributed by atoms with E-state index in [9.17, 15) is 9.59 Å². The van der Waals surface area contributed by atoms with Gasteiger partial charge in [0, 0.05) is 35.3 Å². The predicted molar refractivity (Wildman–Crippen MR) is 157 cm³/mol. The second-order valence-electron chi connectivity index (χ2n) is 12.5. The van der Waals surface area contributed by atoms with Crippen LogP contribution in [0.5, 0.6) is 0 Å². The highest BCUT2D eigenvalue weighted by molar-refractivity contribution is 7.10. The van der Waals surface area contributed by atoms with E-state index < -0.39 is 0 Å². The minimum absolute atomic E-state index is 0.0533. The first kappa shape index (κ1) is 25.9. The maximum absolute atomic E-state index is 13.1. The van der Waals surface area contributed by atoms with Gasteiger partial charge in [0.2, 0.25) is 5.91 Å². The van der Waals surface area contributed by atoms with E-state index in [0.717, 1.165) is 23.9 Å². The molecule has 1 N–H and O–H groups in total. The van der Waals surface area contributed by atoms with Crippen molar-refractivity contribution in [2.45, 2.75) is 76.5 Å². The summed E-state index contributed by atoms with van der Waals surface area (Å²) in [5, 5.41) is 11.4. The molecule has 0 saturated carbocycles. The number of amides is 1. The molecule has 6 nitrogen and oxygen atoms in total. The van der Waals surface area contributed by atoms with E-state index in [0.29, 0.717) is 30.1 Å². The Morgan fingerprint density at radius 3 is 2.44 bits per heavy atom. The van der Waals surface area contributed by atoms with Gasteiger partial charge in [-0.05, 0) is 59.8 Å². The first-order valence-corrected chi connectivity index (χ1v) is 14.9. The topological polar surface area (TPSA) is 79.0 Å². The van der Waals surface area contributed by atoms with E-state index in [1.165, 1.54) is 34.5 Å². The SMILES string of the molecule is CC1(C)CCC(C)(C)c2cc(-c3csc(C4CCN(C(=O)Cc5n[nH]c(=O)c6ccccc56)CC4)n3)ccc21. The number of hydrogen-bond donors (Lipinski definition) is 1. The molecular formula is C32H36N4O2S. The molecular weight excluding hydrogens is 504 g/mol. The van der Waals surface area contributed by atoms with E-state index in [4.69, 9.17) is 4.98 Å². The largest absolute Gasteiger partial charge is 0.342 e. The molecule has 6 rings (SSSR count). The Kier molecular flexibility index (Phi) is 6.45. The number of aromatic amines is 1. The van der Waals surface area contributed by atoms with Crippen molar-refractivity contribution in [2.24, 2.45) is 0 Å². The van der Waals surface area contributed by atoms with Crippen molar-refractivity contribution in [3.63, 3.8) is 0 Å². The van der Waals surface area contributed by atoms with Gasteiger partial charge < -0.3 is 4.90 Å². The molecule has 0 spiro atoms. The lowest BCUT2D eigenvalue weighted by atomic mass is 9.63. The van der Waals surface area contributed by atoms with Crippen molar-refractivity contribution in [1.82, 2.24) is 20.1 Å². The summed E-state index contributed by atoms with van der Waals surface area (Å²) >= 11 is 1.74. The second-order valence-corrected chi connectivity index (χ2v) is 13.4. The maximum Gasteiger partial charge on any atom is 0.272 e. The third kappa shape index (κ3) is 4.82. The molecule has 7 heteroatoms. The molecule has 1 amide bonds. The van der Waals surface area contributed by atoms with Crippen molar-refractivity contribution >= 4 is 28.0 Å². The fourth-order valence-corrected chi connectivity index (χ4v) is 7.29. The van der Waals surface area contributed by atoms with Gasteiger partial charge in [-0.2, -0.15) is 5.10 Å². The number of likely N-dealkylation sites (tertiary alicyclic amines) is 1. The molecule has 1 fully saturated rings. The molecule has 3 heterocycles. The van der Waals surface area contributed by atoms with Gasteiger partial charge in [-0.25, -0.2) is 10.1 Å². The van der Waals surface area contributed by atoms with E-state index in [1.54, 1.807) is 17.4 Å². The molecule has 1 aliphatic heterocycles. The summed E-state index contributed by atoms with van der Waals surface area (Å²) in [6, 6.07) is 14.3. The summed E-state index contributed by atoms with van der Waals surface area (Å²) in [6.45, 7) is 10.9. The van der Waals surface area contributed by atoms with Crippen LogP contribution in [-0.2, 0) is 22.0 Å². The zero-order chi connectivity index (χ0) is 27.4. The quantitative estimate of drug-likeness (QED) is 0.327. The van der Waals surface area contributed by atoms with E-state index in [-0.39, 0.29) is 28.7 Å². The van der Waals surface area contributed by atoms with E-state index in [2.05, 4.69) is 61.5 Å². The van der Waals surface area contributed by atoms with Gasteiger partial charge in [0.1, 0.15) is 0 Å². The summed E-state index contributed by atoms with van der Waals surface area (Å²) in [5.74, 6) is 0.422. The normalized spacial score (nSPS) is 18.7. The van der Waals surface area contributed by atoms with Crippen LogP contribution in [-0.4, -0.2) is 39.1 Å². The van der Waals surface area contributed by atoms with Gasteiger partial charge in [-0.1, -0.05) is 58.0 Å². The minimum Gasteiger partial charge on any atom is -0.342 e. The van der Waals surface area contributed by atoms with Gasteiger partial charge in [-0.3, -0.25) is 9.59 Å². The molecule has 1 saturated heterocycles. The fourth-order valence-electron chi connectivity index (χ4n) is 6.29. The minimum atomic E-state index is -0.228. The zero-order valence-electron chi connectivity index (χ0n) is 23.2. The lowest BCUT2D eigenvalue weighted by Gasteiger charge is -2.42. The first-order chi connectivity index (χ1) is 18.6. The van der Waals surface area contributed by atoms with Crippen LogP contribution < -0.4 is 5.56 Å². The average molecular weight is 541 g/mol. The summed E-state index contributed by atoms with van der Waals surface area (Å²) in [7, 11) is 0. The molecule has 0 unspecified atom stereocenters. The number of aromatic nitrogens is 3. The van der Waals surface area contributed by atoms with Crippen molar-refractivity contribution in [3.8, 4) is 11.3 Å². The molecule has 0 radical (unpaired) electrons. The molecule has 0 bridgehead atoms. The van der Waals surface area contributed by atoms with Gasteiger partial charge in [0.15, 0.2) is 0 Å². The Balaban J connectivity index is 1.13. The highest BCUT2D eigenvalue weighted by Gasteiger charge is 2.37. The van der Waals surface area contributed by atoms with Crippen LogP contribution in [0.25, 0.3) is 22.0 Å². The van der Waals surface area contributed by atoms with Crippen LogP contribution in [0.4, 0.5) is 0 Å².